The van der Waals surface area contributed by atoms with Gasteiger partial charge in [-0.15, -0.1) is 0 Å². The molecule has 0 amide bonds. The fourth-order valence-corrected chi connectivity index (χ4v) is 6.13. The second-order valence-electron chi connectivity index (χ2n) is 13.0. The van der Waals surface area contributed by atoms with Crippen LogP contribution in [0.4, 0.5) is 0 Å². The molecule has 0 spiro atoms. The molecule has 2 aromatic rings. The highest BCUT2D eigenvalue weighted by atomic mass is 16.6. The summed E-state index contributed by atoms with van der Waals surface area (Å²) in [6.07, 6.45) is 12.6. The molecule has 220 valence electrons. The summed E-state index contributed by atoms with van der Waals surface area (Å²) in [6.45, 7) is 7.37. The Bertz CT molecular complexity index is 935. The fourth-order valence-electron chi connectivity index (χ4n) is 6.13. The smallest absolute Gasteiger partial charge is 0.119 e. The van der Waals surface area contributed by atoms with Gasteiger partial charge in [-0.3, -0.25) is 0 Å². The number of epoxide rings is 2. The average molecular weight is 551 g/mol. The van der Waals surface area contributed by atoms with Gasteiger partial charge in [0.1, 0.15) is 36.9 Å². The van der Waals surface area contributed by atoms with Gasteiger partial charge in [-0.05, 0) is 105 Å². The van der Waals surface area contributed by atoms with Crippen LogP contribution in [0.15, 0.2) is 48.5 Å². The zero-order valence-corrected chi connectivity index (χ0v) is 24.6. The summed E-state index contributed by atoms with van der Waals surface area (Å²) in [5, 5.41) is 0. The van der Waals surface area contributed by atoms with E-state index < -0.39 is 0 Å². The van der Waals surface area contributed by atoms with Crippen molar-refractivity contribution in [1.29, 1.82) is 0 Å². The number of hydrogen-bond donors (Lipinski definition) is 2. The Morgan fingerprint density at radius 3 is 1.30 bits per heavy atom. The van der Waals surface area contributed by atoms with Gasteiger partial charge in [0.15, 0.2) is 0 Å². The first kappa shape index (κ1) is 29.4. The van der Waals surface area contributed by atoms with E-state index in [9.17, 15) is 0 Å². The van der Waals surface area contributed by atoms with Crippen molar-refractivity contribution >= 4 is 0 Å². The van der Waals surface area contributed by atoms with E-state index >= 15 is 0 Å². The van der Waals surface area contributed by atoms with Crippen molar-refractivity contribution in [3.63, 3.8) is 0 Å². The van der Waals surface area contributed by atoms with Crippen molar-refractivity contribution < 1.29 is 18.9 Å². The highest BCUT2D eigenvalue weighted by molar-refractivity contribution is 5.41. The average Bonchev–Trinajstić information content (AvgIpc) is 3.90. The van der Waals surface area contributed by atoms with E-state index in [2.05, 4.69) is 38.1 Å². The van der Waals surface area contributed by atoms with Crippen LogP contribution in [0.2, 0.25) is 0 Å². The largest absolute Gasteiger partial charge is 0.491 e. The molecule has 4 aliphatic rings. The second-order valence-corrected chi connectivity index (χ2v) is 13.0. The van der Waals surface area contributed by atoms with Crippen LogP contribution in [0.25, 0.3) is 0 Å². The maximum Gasteiger partial charge on any atom is 0.119 e. The van der Waals surface area contributed by atoms with Gasteiger partial charge in [0.2, 0.25) is 0 Å². The number of benzene rings is 2. The molecule has 6 nitrogen and oxygen atoms in total. The van der Waals surface area contributed by atoms with Gasteiger partial charge in [-0.1, -0.05) is 38.1 Å². The molecule has 2 aliphatic heterocycles. The van der Waals surface area contributed by atoms with Crippen molar-refractivity contribution in [2.45, 2.75) is 101 Å². The van der Waals surface area contributed by atoms with Gasteiger partial charge < -0.3 is 30.4 Å². The quantitative estimate of drug-likeness (QED) is 0.354. The molecular weight excluding hydrogens is 500 g/mol. The maximum atomic E-state index is 5.93. The normalized spacial score (nSPS) is 29.6. The Morgan fingerprint density at radius 2 is 0.975 bits per heavy atom. The zero-order valence-electron chi connectivity index (χ0n) is 24.6. The van der Waals surface area contributed by atoms with Crippen LogP contribution in [-0.4, -0.2) is 50.7 Å². The minimum atomic E-state index is -0.0870. The van der Waals surface area contributed by atoms with Gasteiger partial charge in [-0.2, -0.15) is 0 Å². The van der Waals surface area contributed by atoms with Crippen molar-refractivity contribution in [3.05, 3.63) is 59.7 Å². The second kappa shape index (κ2) is 13.7. The Hall–Kier alpha value is -2.12. The Labute approximate surface area is 241 Å². The topological polar surface area (TPSA) is 95.6 Å². The third-order valence-corrected chi connectivity index (χ3v) is 9.28. The van der Waals surface area contributed by atoms with Crippen molar-refractivity contribution in [2.75, 3.05) is 26.4 Å². The summed E-state index contributed by atoms with van der Waals surface area (Å²) >= 11 is 0. The van der Waals surface area contributed by atoms with E-state index in [1.807, 2.05) is 24.3 Å². The molecule has 2 aromatic carbocycles. The summed E-state index contributed by atoms with van der Waals surface area (Å²) < 4.78 is 21.8. The highest BCUT2D eigenvalue weighted by Gasteiger charge is 2.27. The predicted molar refractivity (Wildman–Crippen MR) is 160 cm³/mol. The van der Waals surface area contributed by atoms with Gasteiger partial charge in [0.25, 0.3) is 0 Å². The molecule has 0 radical (unpaired) electrons. The summed E-state index contributed by atoms with van der Waals surface area (Å²) in [6, 6.07) is 17.7. The van der Waals surface area contributed by atoms with E-state index in [4.69, 9.17) is 30.4 Å². The first-order chi connectivity index (χ1) is 19.3. The van der Waals surface area contributed by atoms with Gasteiger partial charge in [0, 0.05) is 17.5 Å². The number of ether oxygens (including phenoxy) is 4. The molecule has 4 N–H and O–H groups in total. The van der Waals surface area contributed by atoms with Crippen LogP contribution in [0, 0.1) is 11.8 Å². The molecular formula is C34H50N2O4. The monoisotopic (exact) mass is 550 g/mol. The van der Waals surface area contributed by atoms with Crippen LogP contribution in [0.3, 0.4) is 0 Å². The Balaban J connectivity index is 0.000000184. The SMILES string of the molecule is CC(C)(c1ccc(OCC2CO2)cc1)c1ccc(OCC2CO2)cc1.NC1CCC(CC2CCC(N)CC2)CC1. The van der Waals surface area contributed by atoms with Crippen molar-refractivity contribution in [3.8, 4) is 11.5 Å². The van der Waals surface area contributed by atoms with E-state index in [0.29, 0.717) is 25.3 Å². The van der Waals surface area contributed by atoms with E-state index in [0.717, 1.165) is 36.5 Å². The lowest BCUT2D eigenvalue weighted by molar-refractivity contribution is 0.225. The molecule has 2 saturated carbocycles. The van der Waals surface area contributed by atoms with Crippen molar-refractivity contribution in [2.24, 2.45) is 23.3 Å². The van der Waals surface area contributed by atoms with Gasteiger partial charge in [-0.25, -0.2) is 0 Å². The van der Waals surface area contributed by atoms with Crippen LogP contribution in [0.5, 0.6) is 11.5 Å². The predicted octanol–water partition coefficient (Wildman–Crippen LogP) is 5.98. The lowest BCUT2D eigenvalue weighted by Gasteiger charge is -2.32. The number of nitrogens with two attached hydrogens (primary N) is 2. The molecule has 0 bridgehead atoms. The molecule has 2 heterocycles. The highest BCUT2D eigenvalue weighted by Crippen LogP contribution is 2.35. The third-order valence-electron chi connectivity index (χ3n) is 9.28. The molecule has 40 heavy (non-hydrogen) atoms. The molecule has 0 aromatic heterocycles. The zero-order chi connectivity index (χ0) is 28.0. The molecule has 2 atom stereocenters. The third kappa shape index (κ3) is 8.94. The lowest BCUT2D eigenvalue weighted by atomic mass is 9.76. The van der Waals surface area contributed by atoms with E-state index in [-0.39, 0.29) is 17.6 Å². The summed E-state index contributed by atoms with van der Waals surface area (Å²) in [5.74, 6) is 3.73. The fraction of sp³-hybridized carbons (Fsp3) is 0.647. The van der Waals surface area contributed by atoms with Crippen molar-refractivity contribution in [1.82, 2.24) is 0 Å². The molecule has 2 saturated heterocycles. The minimum Gasteiger partial charge on any atom is -0.491 e. The first-order valence-electron chi connectivity index (χ1n) is 15.6. The lowest BCUT2D eigenvalue weighted by Crippen LogP contribution is -2.30. The molecule has 2 unspecified atom stereocenters. The first-order valence-corrected chi connectivity index (χ1v) is 15.6. The Kier molecular flexibility index (Phi) is 10.1. The maximum absolute atomic E-state index is 5.93. The summed E-state index contributed by atoms with van der Waals surface area (Å²) in [4.78, 5) is 0. The summed E-state index contributed by atoms with van der Waals surface area (Å²) in [5.41, 5.74) is 14.3. The van der Waals surface area contributed by atoms with Crippen LogP contribution >= 0.6 is 0 Å². The minimum absolute atomic E-state index is 0.0870. The van der Waals surface area contributed by atoms with Gasteiger partial charge >= 0.3 is 0 Å². The standard InChI is InChI=1S/C21H24O4.C13H26N2/c1-21(2,15-3-7-17(8-4-15)22-11-19-13-24-19)16-5-9-18(10-6-16)23-12-20-14-25-20;14-12-5-1-10(2-6-12)9-11-3-7-13(15)8-4-11/h3-10,19-20H,11-14H2,1-2H3;10-13H,1-9,14-15H2. The van der Waals surface area contributed by atoms with Crippen LogP contribution in [-0.2, 0) is 14.9 Å². The van der Waals surface area contributed by atoms with Gasteiger partial charge in [0.05, 0.1) is 13.2 Å². The number of hydrogen-bond acceptors (Lipinski definition) is 6. The Morgan fingerprint density at radius 1 is 0.625 bits per heavy atom. The molecule has 6 heteroatoms. The van der Waals surface area contributed by atoms with Crippen LogP contribution < -0.4 is 20.9 Å². The molecule has 4 fully saturated rings. The molecule has 6 rings (SSSR count). The number of rotatable bonds is 10. The summed E-state index contributed by atoms with van der Waals surface area (Å²) in [7, 11) is 0. The van der Waals surface area contributed by atoms with E-state index in [1.165, 1.54) is 68.9 Å². The molecule has 2 aliphatic carbocycles. The van der Waals surface area contributed by atoms with Crippen LogP contribution in [0.1, 0.15) is 82.8 Å². The van der Waals surface area contributed by atoms with E-state index in [1.54, 1.807) is 0 Å².